The number of aromatic nitrogens is 2. The van der Waals surface area contributed by atoms with Crippen LogP contribution in [0.3, 0.4) is 0 Å². The third kappa shape index (κ3) is 1.83. The fourth-order valence-electron chi connectivity index (χ4n) is 2.23. The third-order valence-corrected chi connectivity index (χ3v) is 2.83. The van der Waals surface area contributed by atoms with Gasteiger partial charge in [0.2, 0.25) is 0 Å². The monoisotopic (exact) mass is 217 g/mol. The van der Waals surface area contributed by atoms with E-state index in [9.17, 15) is 0 Å². The number of nitrogens with one attached hydrogen (secondary N) is 1. The van der Waals surface area contributed by atoms with Crippen molar-refractivity contribution in [2.24, 2.45) is 0 Å². The van der Waals surface area contributed by atoms with E-state index in [1.807, 2.05) is 7.05 Å². The van der Waals surface area contributed by atoms with Crippen LogP contribution >= 0.6 is 0 Å². The van der Waals surface area contributed by atoms with E-state index in [4.69, 9.17) is 0 Å². The molecule has 1 heterocycles. The fraction of sp³-hybridized carbons (Fsp3) is 0.462. The summed E-state index contributed by atoms with van der Waals surface area (Å²) in [4.78, 5) is 4.61. The first kappa shape index (κ1) is 11.1. The molecule has 0 amide bonds. The maximum atomic E-state index is 4.61. The fourth-order valence-corrected chi connectivity index (χ4v) is 2.23. The zero-order chi connectivity index (χ0) is 11.7. The molecule has 0 aliphatic rings. The quantitative estimate of drug-likeness (QED) is 0.856. The van der Waals surface area contributed by atoms with E-state index in [2.05, 4.69) is 53.8 Å². The zero-order valence-corrected chi connectivity index (χ0v) is 10.4. The molecule has 86 valence electrons. The lowest BCUT2D eigenvalue weighted by molar-refractivity contribution is 0.600. The van der Waals surface area contributed by atoms with Crippen LogP contribution in [0.25, 0.3) is 11.0 Å². The van der Waals surface area contributed by atoms with Gasteiger partial charge >= 0.3 is 0 Å². The number of rotatable bonds is 3. The molecule has 2 rings (SSSR count). The molecule has 0 saturated heterocycles. The summed E-state index contributed by atoms with van der Waals surface area (Å²) in [6.07, 6.45) is 0. The van der Waals surface area contributed by atoms with Gasteiger partial charge in [0.05, 0.1) is 11.0 Å². The average Bonchev–Trinajstić information content (AvgIpc) is 2.53. The van der Waals surface area contributed by atoms with E-state index >= 15 is 0 Å². The molecular formula is C13H19N3. The van der Waals surface area contributed by atoms with Gasteiger partial charge in [-0.3, -0.25) is 0 Å². The summed E-state index contributed by atoms with van der Waals surface area (Å²) in [5.74, 6) is 1.09. The Morgan fingerprint density at radius 1 is 1.38 bits per heavy atom. The summed E-state index contributed by atoms with van der Waals surface area (Å²) in [5, 5.41) is 3.16. The topological polar surface area (TPSA) is 29.9 Å². The molecule has 2 aromatic rings. The van der Waals surface area contributed by atoms with Crippen LogP contribution in [-0.4, -0.2) is 16.6 Å². The van der Waals surface area contributed by atoms with E-state index in [0.717, 1.165) is 17.9 Å². The number of benzene rings is 1. The Kier molecular flexibility index (Phi) is 2.97. The highest BCUT2D eigenvalue weighted by Gasteiger charge is 2.09. The summed E-state index contributed by atoms with van der Waals surface area (Å²) in [6.45, 7) is 7.34. The average molecular weight is 217 g/mol. The molecule has 3 nitrogen and oxygen atoms in total. The second-order valence-corrected chi connectivity index (χ2v) is 4.48. The van der Waals surface area contributed by atoms with E-state index < -0.39 is 0 Å². The summed E-state index contributed by atoms with van der Waals surface area (Å²) < 4.78 is 2.28. The van der Waals surface area contributed by atoms with E-state index in [1.54, 1.807) is 0 Å². The second kappa shape index (κ2) is 4.26. The van der Waals surface area contributed by atoms with Gasteiger partial charge in [-0.05, 0) is 45.5 Å². The Bertz CT molecular complexity index is 497. The number of nitrogens with zero attached hydrogens (tertiary/aromatic N) is 2. The van der Waals surface area contributed by atoms with Crippen LogP contribution in [-0.2, 0) is 6.54 Å². The predicted molar refractivity (Wildman–Crippen MR) is 67.6 cm³/mol. The minimum Gasteiger partial charge on any atom is -0.326 e. The molecule has 0 radical (unpaired) electrons. The Labute approximate surface area is 96.5 Å². The van der Waals surface area contributed by atoms with Crippen LogP contribution in [0.5, 0.6) is 0 Å². The van der Waals surface area contributed by atoms with Gasteiger partial charge in [0.15, 0.2) is 0 Å². The molecule has 0 fully saturated rings. The van der Waals surface area contributed by atoms with Crippen molar-refractivity contribution in [2.45, 2.75) is 33.4 Å². The second-order valence-electron chi connectivity index (χ2n) is 4.48. The third-order valence-electron chi connectivity index (χ3n) is 2.83. The first-order valence-electron chi connectivity index (χ1n) is 5.75. The molecular weight excluding hydrogens is 198 g/mol. The lowest BCUT2D eigenvalue weighted by Crippen LogP contribution is -2.05. The molecule has 0 atom stereocenters. The van der Waals surface area contributed by atoms with Crippen LogP contribution in [0.4, 0.5) is 0 Å². The van der Waals surface area contributed by atoms with Gasteiger partial charge in [0, 0.05) is 12.6 Å². The normalized spacial score (nSPS) is 11.6. The Morgan fingerprint density at radius 3 is 2.75 bits per heavy atom. The van der Waals surface area contributed by atoms with Crippen LogP contribution < -0.4 is 5.32 Å². The van der Waals surface area contributed by atoms with Crippen molar-refractivity contribution in [1.29, 1.82) is 0 Å². The Hall–Kier alpha value is -1.35. The number of imidazole rings is 1. The van der Waals surface area contributed by atoms with Crippen molar-refractivity contribution < 1.29 is 0 Å². The first-order chi connectivity index (χ1) is 7.63. The SMILES string of the molecule is CNCc1ccc2c(c1)nc(C)n2C(C)C. The number of hydrogen-bond acceptors (Lipinski definition) is 2. The smallest absolute Gasteiger partial charge is 0.106 e. The number of aryl methyl sites for hydroxylation is 1. The summed E-state index contributed by atoms with van der Waals surface area (Å²) in [5.41, 5.74) is 3.61. The van der Waals surface area contributed by atoms with E-state index in [1.165, 1.54) is 11.1 Å². The molecule has 1 aromatic carbocycles. The molecule has 1 aromatic heterocycles. The molecule has 16 heavy (non-hydrogen) atoms. The maximum Gasteiger partial charge on any atom is 0.106 e. The molecule has 0 bridgehead atoms. The van der Waals surface area contributed by atoms with Crippen molar-refractivity contribution in [3.63, 3.8) is 0 Å². The first-order valence-corrected chi connectivity index (χ1v) is 5.75. The van der Waals surface area contributed by atoms with Crippen LogP contribution in [0.1, 0.15) is 31.3 Å². The molecule has 0 aliphatic carbocycles. The predicted octanol–water partition coefficient (Wildman–Crippen LogP) is 2.65. The van der Waals surface area contributed by atoms with Gasteiger partial charge in [-0.15, -0.1) is 0 Å². The standard InChI is InChI=1S/C13H19N3/c1-9(2)16-10(3)15-12-7-11(8-14-4)5-6-13(12)16/h5-7,9,14H,8H2,1-4H3. The van der Waals surface area contributed by atoms with Crippen molar-refractivity contribution >= 4 is 11.0 Å². The molecule has 0 unspecified atom stereocenters. The van der Waals surface area contributed by atoms with E-state index in [0.29, 0.717) is 6.04 Å². The minimum atomic E-state index is 0.458. The van der Waals surface area contributed by atoms with Crippen LogP contribution in [0.15, 0.2) is 18.2 Å². The molecule has 0 aliphatic heterocycles. The van der Waals surface area contributed by atoms with Crippen LogP contribution in [0.2, 0.25) is 0 Å². The van der Waals surface area contributed by atoms with Gasteiger partial charge in [-0.2, -0.15) is 0 Å². The number of hydrogen-bond donors (Lipinski definition) is 1. The molecule has 0 saturated carbocycles. The van der Waals surface area contributed by atoms with Gasteiger partial charge in [0.25, 0.3) is 0 Å². The van der Waals surface area contributed by atoms with Crippen molar-refractivity contribution in [3.05, 3.63) is 29.6 Å². The van der Waals surface area contributed by atoms with Gasteiger partial charge in [-0.25, -0.2) is 4.98 Å². The van der Waals surface area contributed by atoms with Gasteiger partial charge < -0.3 is 9.88 Å². The largest absolute Gasteiger partial charge is 0.326 e. The highest BCUT2D eigenvalue weighted by atomic mass is 15.1. The highest BCUT2D eigenvalue weighted by Crippen LogP contribution is 2.21. The minimum absolute atomic E-state index is 0.458. The summed E-state index contributed by atoms with van der Waals surface area (Å²) in [7, 11) is 1.96. The Morgan fingerprint density at radius 2 is 2.12 bits per heavy atom. The summed E-state index contributed by atoms with van der Waals surface area (Å²) >= 11 is 0. The van der Waals surface area contributed by atoms with Crippen molar-refractivity contribution in [3.8, 4) is 0 Å². The zero-order valence-electron chi connectivity index (χ0n) is 10.4. The highest BCUT2D eigenvalue weighted by molar-refractivity contribution is 5.77. The number of fused-ring (bicyclic) bond motifs is 1. The maximum absolute atomic E-state index is 4.61. The van der Waals surface area contributed by atoms with Crippen molar-refractivity contribution in [1.82, 2.24) is 14.9 Å². The lowest BCUT2D eigenvalue weighted by Gasteiger charge is -2.10. The van der Waals surface area contributed by atoms with Gasteiger partial charge in [-0.1, -0.05) is 6.07 Å². The molecule has 3 heteroatoms. The lowest BCUT2D eigenvalue weighted by atomic mass is 10.2. The van der Waals surface area contributed by atoms with Gasteiger partial charge in [0.1, 0.15) is 5.82 Å². The Balaban J connectivity index is 2.56. The van der Waals surface area contributed by atoms with Crippen molar-refractivity contribution in [2.75, 3.05) is 7.05 Å². The molecule has 0 spiro atoms. The summed E-state index contributed by atoms with van der Waals surface area (Å²) in [6, 6.07) is 6.96. The molecule has 1 N–H and O–H groups in total. The van der Waals surface area contributed by atoms with E-state index in [-0.39, 0.29) is 0 Å². The van der Waals surface area contributed by atoms with Crippen LogP contribution in [0, 0.1) is 6.92 Å².